The number of aromatic nitrogens is 1. The molecular formula is C23H19N. The lowest BCUT2D eigenvalue weighted by Crippen LogP contribution is -1.88. The van der Waals surface area contributed by atoms with Crippen molar-refractivity contribution in [1.82, 2.24) is 4.57 Å². The minimum absolute atomic E-state index is 1.32. The predicted molar refractivity (Wildman–Crippen MR) is 105 cm³/mol. The first kappa shape index (κ1) is 13.6. The van der Waals surface area contributed by atoms with Crippen LogP contribution in [0.25, 0.3) is 43.4 Å². The monoisotopic (exact) mass is 309 g/mol. The normalized spacial score (nSPS) is 12.0. The van der Waals surface area contributed by atoms with E-state index in [2.05, 4.69) is 86.1 Å². The van der Waals surface area contributed by atoms with Crippen molar-refractivity contribution in [1.29, 1.82) is 0 Å². The summed E-state index contributed by atoms with van der Waals surface area (Å²) >= 11 is 0. The lowest BCUT2D eigenvalue weighted by molar-refractivity contribution is 1.02. The Balaban J connectivity index is 2.14. The summed E-state index contributed by atoms with van der Waals surface area (Å²) in [4.78, 5) is 0. The molecule has 0 unspecified atom stereocenters. The molecule has 1 heteroatoms. The van der Waals surface area contributed by atoms with Gasteiger partial charge in [0.15, 0.2) is 0 Å². The summed E-state index contributed by atoms with van der Waals surface area (Å²) in [5.74, 6) is 0. The number of hydrogen-bond donors (Lipinski definition) is 0. The molecule has 116 valence electrons. The first-order chi connectivity index (χ1) is 11.7. The van der Waals surface area contributed by atoms with Crippen LogP contribution in [0.5, 0.6) is 0 Å². The molecule has 0 saturated heterocycles. The van der Waals surface area contributed by atoms with Gasteiger partial charge in [-0.2, -0.15) is 0 Å². The molecule has 0 amide bonds. The standard InChI is InChI=1S/C23H19N/c1-14-18-10-6-4-8-16(18)12-20-22(14)23-15(2)19-11-7-5-9-17(19)13-21(23)24(20)3/h4-13H,1-3H3. The molecule has 1 nitrogen and oxygen atoms in total. The van der Waals surface area contributed by atoms with Crippen molar-refractivity contribution < 1.29 is 0 Å². The van der Waals surface area contributed by atoms with Crippen molar-refractivity contribution in [3.05, 3.63) is 71.8 Å². The highest BCUT2D eigenvalue weighted by atomic mass is 14.9. The average molecular weight is 309 g/mol. The van der Waals surface area contributed by atoms with Gasteiger partial charge in [0.2, 0.25) is 0 Å². The number of rotatable bonds is 0. The van der Waals surface area contributed by atoms with E-state index in [0.29, 0.717) is 0 Å². The summed E-state index contributed by atoms with van der Waals surface area (Å²) in [7, 11) is 2.19. The SMILES string of the molecule is Cc1c2ccccc2cc2c1c1c(C)c3ccccc3cc1n2C. The summed E-state index contributed by atoms with van der Waals surface area (Å²) in [5.41, 5.74) is 5.40. The van der Waals surface area contributed by atoms with Crippen molar-refractivity contribution in [2.24, 2.45) is 7.05 Å². The third-order valence-electron chi connectivity index (χ3n) is 5.55. The third-order valence-corrected chi connectivity index (χ3v) is 5.55. The molecule has 0 aliphatic carbocycles. The molecule has 0 spiro atoms. The highest BCUT2D eigenvalue weighted by Gasteiger charge is 2.16. The van der Waals surface area contributed by atoms with Crippen molar-refractivity contribution in [3.8, 4) is 0 Å². The second kappa shape index (κ2) is 4.61. The highest BCUT2D eigenvalue weighted by molar-refractivity contribution is 6.19. The van der Waals surface area contributed by atoms with Crippen LogP contribution >= 0.6 is 0 Å². The highest BCUT2D eigenvalue weighted by Crippen LogP contribution is 2.39. The lowest BCUT2D eigenvalue weighted by atomic mass is 9.95. The molecule has 1 aromatic heterocycles. The van der Waals surface area contributed by atoms with E-state index in [-0.39, 0.29) is 0 Å². The van der Waals surface area contributed by atoms with Crippen LogP contribution in [0.2, 0.25) is 0 Å². The van der Waals surface area contributed by atoms with Gasteiger partial charge < -0.3 is 4.57 Å². The van der Waals surface area contributed by atoms with E-state index in [9.17, 15) is 0 Å². The van der Waals surface area contributed by atoms with Gasteiger partial charge in [-0.1, -0.05) is 48.5 Å². The molecular weight excluding hydrogens is 290 g/mol. The first-order valence-corrected chi connectivity index (χ1v) is 8.45. The first-order valence-electron chi connectivity index (χ1n) is 8.45. The van der Waals surface area contributed by atoms with Crippen molar-refractivity contribution >= 4 is 43.4 Å². The van der Waals surface area contributed by atoms with E-state index >= 15 is 0 Å². The molecule has 5 rings (SSSR count). The van der Waals surface area contributed by atoms with Gasteiger partial charge in [-0.3, -0.25) is 0 Å². The van der Waals surface area contributed by atoms with Gasteiger partial charge in [0.25, 0.3) is 0 Å². The number of nitrogens with zero attached hydrogens (tertiary/aromatic N) is 1. The van der Waals surface area contributed by atoms with Crippen LogP contribution in [0.15, 0.2) is 60.7 Å². The van der Waals surface area contributed by atoms with Gasteiger partial charge in [-0.15, -0.1) is 0 Å². The van der Waals surface area contributed by atoms with Gasteiger partial charge in [0.05, 0.1) is 0 Å². The Morgan fingerprint density at radius 2 is 1.04 bits per heavy atom. The maximum Gasteiger partial charge on any atom is 0.0497 e. The topological polar surface area (TPSA) is 4.93 Å². The van der Waals surface area contributed by atoms with E-state index in [1.807, 2.05) is 0 Å². The van der Waals surface area contributed by atoms with Crippen molar-refractivity contribution in [2.45, 2.75) is 13.8 Å². The number of aryl methyl sites for hydroxylation is 3. The number of hydrogen-bond acceptors (Lipinski definition) is 0. The molecule has 24 heavy (non-hydrogen) atoms. The van der Waals surface area contributed by atoms with E-state index < -0.39 is 0 Å². The molecule has 0 fully saturated rings. The van der Waals surface area contributed by atoms with Crippen LogP contribution in [0.3, 0.4) is 0 Å². The van der Waals surface area contributed by atoms with Gasteiger partial charge in [-0.05, 0) is 58.7 Å². The molecule has 0 aliphatic heterocycles. The largest absolute Gasteiger partial charge is 0.344 e. The maximum atomic E-state index is 2.35. The summed E-state index contributed by atoms with van der Waals surface area (Å²) in [6.45, 7) is 4.53. The van der Waals surface area contributed by atoms with Crippen molar-refractivity contribution in [2.75, 3.05) is 0 Å². The molecule has 1 heterocycles. The van der Waals surface area contributed by atoms with Crippen molar-refractivity contribution in [3.63, 3.8) is 0 Å². The van der Waals surface area contributed by atoms with Crippen LogP contribution in [0.1, 0.15) is 11.1 Å². The number of fused-ring (bicyclic) bond motifs is 5. The van der Waals surface area contributed by atoms with Crippen LogP contribution in [-0.2, 0) is 7.05 Å². The molecule has 0 bridgehead atoms. The van der Waals surface area contributed by atoms with Crippen LogP contribution in [0, 0.1) is 13.8 Å². The zero-order chi connectivity index (χ0) is 16.4. The van der Waals surface area contributed by atoms with E-state index in [1.165, 1.54) is 54.5 Å². The third kappa shape index (κ3) is 1.59. The van der Waals surface area contributed by atoms with Crippen LogP contribution in [-0.4, -0.2) is 4.57 Å². The Morgan fingerprint density at radius 3 is 1.50 bits per heavy atom. The van der Waals surface area contributed by atoms with Crippen LogP contribution in [0.4, 0.5) is 0 Å². The predicted octanol–water partition coefficient (Wildman–Crippen LogP) is 6.25. The van der Waals surface area contributed by atoms with E-state index in [0.717, 1.165) is 0 Å². The second-order valence-corrected chi connectivity index (χ2v) is 6.79. The smallest absolute Gasteiger partial charge is 0.0497 e. The zero-order valence-electron chi connectivity index (χ0n) is 14.2. The summed E-state index contributed by atoms with van der Waals surface area (Å²) in [6.07, 6.45) is 0. The fourth-order valence-electron chi connectivity index (χ4n) is 4.31. The quantitative estimate of drug-likeness (QED) is 0.318. The molecule has 4 aromatic carbocycles. The second-order valence-electron chi connectivity index (χ2n) is 6.79. The lowest BCUT2D eigenvalue weighted by Gasteiger charge is -2.07. The minimum Gasteiger partial charge on any atom is -0.344 e. The molecule has 0 saturated carbocycles. The van der Waals surface area contributed by atoms with E-state index in [1.54, 1.807) is 0 Å². The Kier molecular flexibility index (Phi) is 2.62. The van der Waals surface area contributed by atoms with E-state index in [4.69, 9.17) is 0 Å². The Morgan fingerprint density at radius 1 is 0.625 bits per heavy atom. The molecule has 0 N–H and O–H groups in total. The summed E-state index contributed by atoms with van der Waals surface area (Å²) in [6, 6.07) is 22.1. The fourth-order valence-corrected chi connectivity index (χ4v) is 4.31. The molecule has 0 aliphatic rings. The molecule has 5 aromatic rings. The summed E-state index contributed by atoms with van der Waals surface area (Å²) < 4.78 is 2.35. The fraction of sp³-hybridized carbons (Fsp3) is 0.130. The van der Waals surface area contributed by atoms with Gasteiger partial charge in [0, 0.05) is 28.9 Å². The Labute approximate surface area is 141 Å². The summed E-state index contributed by atoms with van der Waals surface area (Å²) in [5, 5.41) is 8.13. The van der Waals surface area contributed by atoms with Gasteiger partial charge in [-0.25, -0.2) is 0 Å². The minimum atomic E-state index is 1.32. The number of benzene rings is 4. The molecule has 0 radical (unpaired) electrons. The van der Waals surface area contributed by atoms with Crippen LogP contribution < -0.4 is 0 Å². The Hall–Kier alpha value is -2.80. The van der Waals surface area contributed by atoms with Gasteiger partial charge in [0.1, 0.15) is 0 Å². The maximum absolute atomic E-state index is 2.35. The zero-order valence-corrected chi connectivity index (χ0v) is 14.2. The van der Waals surface area contributed by atoms with Gasteiger partial charge >= 0.3 is 0 Å². The average Bonchev–Trinajstić information content (AvgIpc) is 2.89. The Bertz CT molecular complexity index is 1170. The molecule has 0 atom stereocenters.